The molecule has 3 aromatic carbocycles. The number of nitrogens with zero attached hydrogens (tertiary/aromatic N) is 1. The van der Waals surface area contributed by atoms with E-state index in [0.717, 1.165) is 41.7 Å². The molecule has 0 saturated heterocycles. The van der Waals surface area contributed by atoms with E-state index in [4.69, 9.17) is 0 Å². The van der Waals surface area contributed by atoms with Crippen molar-refractivity contribution in [2.24, 2.45) is 5.92 Å². The molecule has 0 spiro atoms. The summed E-state index contributed by atoms with van der Waals surface area (Å²) >= 11 is 0. The highest BCUT2D eigenvalue weighted by Gasteiger charge is 2.43. The van der Waals surface area contributed by atoms with E-state index in [1.54, 1.807) is 24.3 Å². The van der Waals surface area contributed by atoms with E-state index in [1.807, 2.05) is 60.7 Å². The van der Waals surface area contributed by atoms with Gasteiger partial charge < -0.3 is 5.32 Å². The molecule has 5 heteroatoms. The highest BCUT2D eigenvalue weighted by atomic mass is 16.2. The first-order valence-electron chi connectivity index (χ1n) is 12.0. The first-order chi connectivity index (χ1) is 16.6. The summed E-state index contributed by atoms with van der Waals surface area (Å²) < 4.78 is 0. The summed E-state index contributed by atoms with van der Waals surface area (Å²) in [6, 6.07) is 25.3. The van der Waals surface area contributed by atoms with Crippen molar-refractivity contribution < 1.29 is 14.4 Å². The largest absolute Gasteiger partial charge is 0.347 e. The van der Waals surface area contributed by atoms with Gasteiger partial charge in [0.2, 0.25) is 5.91 Å². The van der Waals surface area contributed by atoms with Crippen LogP contribution in [0.2, 0.25) is 0 Å². The van der Waals surface area contributed by atoms with E-state index < -0.39 is 17.9 Å². The van der Waals surface area contributed by atoms with Crippen molar-refractivity contribution in [2.75, 3.05) is 0 Å². The fraction of sp³-hybridized carbons (Fsp3) is 0.276. The third-order valence-corrected chi connectivity index (χ3v) is 7.04. The normalized spacial score (nSPS) is 17.5. The van der Waals surface area contributed by atoms with E-state index in [1.165, 1.54) is 0 Å². The molecule has 5 nitrogen and oxygen atoms in total. The Morgan fingerprint density at radius 1 is 0.794 bits per heavy atom. The van der Waals surface area contributed by atoms with E-state index in [-0.39, 0.29) is 18.4 Å². The summed E-state index contributed by atoms with van der Waals surface area (Å²) in [6.45, 7) is 0. The Balaban J connectivity index is 1.48. The number of imide groups is 1. The summed E-state index contributed by atoms with van der Waals surface area (Å²) in [4.78, 5) is 41.6. The average molecular weight is 453 g/mol. The molecule has 3 amide bonds. The summed E-state index contributed by atoms with van der Waals surface area (Å²) in [5.74, 6) is -0.771. The number of carbonyl (C=O) groups is 3. The van der Waals surface area contributed by atoms with Crippen molar-refractivity contribution in [2.45, 2.75) is 44.2 Å². The minimum atomic E-state index is -0.928. The van der Waals surface area contributed by atoms with Gasteiger partial charge in [-0.2, -0.15) is 0 Å². The van der Waals surface area contributed by atoms with Gasteiger partial charge in [-0.05, 0) is 42.0 Å². The lowest BCUT2D eigenvalue weighted by Crippen LogP contribution is -2.52. The van der Waals surface area contributed by atoms with Gasteiger partial charge in [0.25, 0.3) is 11.8 Å². The van der Waals surface area contributed by atoms with E-state index >= 15 is 0 Å². The molecule has 0 bridgehead atoms. The number of nitrogens with one attached hydrogen (secondary N) is 1. The van der Waals surface area contributed by atoms with Crippen LogP contribution in [0.4, 0.5) is 0 Å². The fourth-order valence-electron chi connectivity index (χ4n) is 5.30. The number of hydrogen-bond donors (Lipinski definition) is 1. The monoisotopic (exact) mass is 452 g/mol. The van der Waals surface area contributed by atoms with Crippen molar-refractivity contribution >= 4 is 17.7 Å². The van der Waals surface area contributed by atoms with Gasteiger partial charge in [-0.25, -0.2) is 0 Å². The van der Waals surface area contributed by atoms with Gasteiger partial charge in [0.15, 0.2) is 0 Å². The second kappa shape index (κ2) is 9.64. The van der Waals surface area contributed by atoms with Crippen molar-refractivity contribution in [3.8, 4) is 0 Å². The van der Waals surface area contributed by atoms with Gasteiger partial charge in [0, 0.05) is 6.42 Å². The molecule has 0 unspecified atom stereocenters. The maximum atomic E-state index is 13.9. The molecule has 34 heavy (non-hydrogen) atoms. The SMILES string of the molecule is O=C(N[C@H](c1ccccc1)C1CCCC1)[C@H](Cc1ccccc1)N1C(=O)c2ccccc2C1=O. The lowest BCUT2D eigenvalue weighted by molar-refractivity contribution is -0.126. The van der Waals surface area contributed by atoms with E-state index in [9.17, 15) is 14.4 Å². The van der Waals surface area contributed by atoms with Gasteiger partial charge in [-0.15, -0.1) is 0 Å². The first kappa shape index (κ1) is 22.1. The molecular formula is C29H28N2O3. The minimum absolute atomic E-state index is 0.148. The molecular weight excluding hydrogens is 424 g/mol. The van der Waals surface area contributed by atoms with Crippen molar-refractivity contribution in [1.82, 2.24) is 10.2 Å². The van der Waals surface area contributed by atoms with Crippen LogP contribution in [0.15, 0.2) is 84.9 Å². The van der Waals surface area contributed by atoms with E-state index in [0.29, 0.717) is 17.0 Å². The Hall–Kier alpha value is -3.73. The average Bonchev–Trinajstić information content (AvgIpc) is 3.50. The molecule has 1 fully saturated rings. The van der Waals surface area contributed by atoms with Gasteiger partial charge in [-0.1, -0.05) is 85.6 Å². The number of carbonyl (C=O) groups excluding carboxylic acids is 3. The molecule has 0 radical (unpaired) electrons. The molecule has 1 saturated carbocycles. The van der Waals surface area contributed by atoms with Crippen LogP contribution >= 0.6 is 0 Å². The maximum Gasteiger partial charge on any atom is 0.262 e. The molecule has 1 heterocycles. The second-order valence-corrected chi connectivity index (χ2v) is 9.17. The molecule has 0 aromatic heterocycles. The maximum absolute atomic E-state index is 13.9. The predicted molar refractivity (Wildman–Crippen MR) is 130 cm³/mol. The number of fused-ring (bicyclic) bond motifs is 1. The van der Waals surface area contributed by atoms with Crippen LogP contribution in [0, 0.1) is 5.92 Å². The summed E-state index contributed by atoms with van der Waals surface area (Å²) in [5, 5.41) is 3.26. The Labute approximate surface area is 199 Å². The molecule has 2 atom stereocenters. The number of rotatable bonds is 7. The summed E-state index contributed by atoms with van der Waals surface area (Å²) in [5.41, 5.74) is 2.67. The third kappa shape index (κ3) is 4.26. The number of benzene rings is 3. The van der Waals surface area contributed by atoms with Crippen LogP contribution in [0.5, 0.6) is 0 Å². The zero-order valence-corrected chi connectivity index (χ0v) is 19.0. The lowest BCUT2D eigenvalue weighted by Gasteiger charge is -2.30. The topological polar surface area (TPSA) is 66.5 Å². The Kier molecular flexibility index (Phi) is 6.26. The third-order valence-electron chi connectivity index (χ3n) is 7.04. The van der Waals surface area contributed by atoms with Crippen LogP contribution in [-0.2, 0) is 11.2 Å². The molecule has 1 aliphatic carbocycles. The van der Waals surface area contributed by atoms with Crippen molar-refractivity contribution in [3.63, 3.8) is 0 Å². The first-order valence-corrected chi connectivity index (χ1v) is 12.0. The molecule has 1 aliphatic heterocycles. The zero-order valence-electron chi connectivity index (χ0n) is 19.0. The predicted octanol–water partition coefficient (Wildman–Crippen LogP) is 4.94. The lowest BCUT2D eigenvalue weighted by atomic mass is 9.91. The Bertz CT molecular complexity index is 1150. The van der Waals surface area contributed by atoms with Gasteiger partial charge in [-0.3, -0.25) is 19.3 Å². The van der Waals surface area contributed by atoms with Crippen molar-refractivity contribution in [3.05, 3.63) is 107 Å². The smallest absolute Gasteiger partial charge is 0.262 e. The summed E-state index contributed by atoms with van der Waals surface area (Å²) in [6.07, 6.45) is 4.67. The molecule has 1 N–H and O–H groups in total. The van der Waals surface area contributed by atoms with E-state index in [2.05, 4.69) is 5.32 Å². The fourth-order valence-corrected chi connectivity index (χ4v) is 5.30. The number of hydrogen-bond acceptors (Lipinski definition) is 3. The van der Waals surface area contributed by atoms with Crippen LogP contribution in [0.1, 0.15) is 63.6 Å². The highest BCUT2D eigenvalue weighted by Crippen LogP contribution is 2.36. The molecule has 172 valence electrons. The standard InChI is InChI=1S/C29H28N2O3/c32-27(30-26(22-15-7-8-16-22)21-13-5-2-6-14-21)25(19-20-11-3-1-4-12-20)31-28(33)23-17-9-10-18-24(23)29(31)34/h1-6,9-14,17-18,22,25-26H,7-8,15-16,19H2,(H,30,32)/t25-,26+/m0/s1. The molecule has 2 aliphatic rings. The minimum Gasteiger partial charge on any atom is -0.347 e. The number of amides is 3. The second-order valence-electron chi connectivity index (χ2n) is 9.17. The molecule has 5 rings (SSSR count). The Morgan fingerprint density at radius 2 is 1.32 bits per heavy atom. The van der Waals surface area contributed by atoms with Crippen molar-refractivity contribution in [1.29, 1.82) is 0 Å². The quantitative estimate of drug-likeness (QED) is 0.516. The van der Waals surface area contributed by atoms with Crippen LogP contribution in [-0.4, -0.2) is 28.7 Å². The van der Waals surface area contributed by atoms with Crippen LogP contribution in [0.25, 0.3) is 0 Å². The molecule has 3 aromatic rings. The van der Waals surface area contributed by atoms with Crippen LogP contribution < -0.4 is 5.32 Å². The Morgan fingerprint density at radius 3 is 1.91 bits per heavy atom. The van der Waals surface area contributed by atoms with Gasteiger partial charge >= 0.3 is 0 Å². The zero-order chi connectivity index (χ0) is 23.5. The van der Waals surface area contributed by atoms with Gasteiger partial charge in [0.05, 0.1) is 17.2 Å². The summed E-state index contributed by atoms with van der Waals surface area (Å²) in [7, 11) is 0. The van der Waals surface area contributed by atoms with Crippen LogP contribution in [0.3, 0.4) is 0 Å². The highest BCUT2D eigenvalue weighted by molar-refractivity contribution is 6.22. The van der Waals surface area contributed by atoms with Gasteiger partial charge in [0.1, 0.15) is 6.04 Å².